The molecule has 0 aliphatic rings. The maximum atomic E-state index is 11.7. The molecule has 2 N–H and O–H groups in total. The second-order valence-corrected chi connectivity index (χ2v) is 6.32. The van der Waals surface area contributed by atoms with E-state index >= 15 is 0 Å². The highest BCUT2D eigenvalue weighted by Crippen LogP contribution is 2.25. The lowest BCUT2D eigenvalue weighted by atomic mass is 10.3. The standard InChI is InChI=1S/C11H11ClN4OS2/c1-2-18-11-16-15-10(19-11)14-9(17)13-8-5-3-4-7(12)6-8/h3-6H,2H2,1H3,(H2,13,14,15,17). The summed E-state index contributed by atoms with van der Waals surface area (Å²) in [6.45, 7) is 2.03. The van der Waals surface area contributed by atoms with Crippen LogP contribution in [0.15, 0.2) is 28.6 Å². The van der Waals surface area contributed by atoms with E-state index in [2.05, 4.69) is 20.8 Å². The fraction of sp³-hybridized carbons (Fsp3) is 0.182. The van der Waals surface area contributed by atoms with Crippen LogP contribution in [0.25, 0.3) is 0 Å². The second-order valence-electron chi connectivity index (χ2n) is 3.40. The van der Waals surface area contributed by atoms with E-state index < -0.39 is 0 Å². The molecule has 8 heteroatoms. The summed E-state index contributed by atoms with van der Waals surface area (Å²) < 4.78 is 0.834. The summed E-state index contributed by atoms with van der Waals surface area (Å²) in [5.41, 5.74) is 0.623. The van der Waals surface area contributed by atoms with Gasteiger partial charge in [-0.2, -0.15) is 0 Å². The van der Waals surface area contributed by atoms with Gasteiger partial charge in [-0.1, -0.05) is 47.7 Å². The van der Waals surface area contributed by atoms with Crippen molar-refractivity contribution in [2.24, 2.45) is 0 Å². The Labute approximate surface area is 123 Å². The monoisotopic (exact) mass is 314 g/mol. The quantitative estimate of drug-likeness (QED) is 0.662. The number of anilines is 2. The maximum absolute atomic E-state index is 11.7. The number of nitrogens with zero attached hydrogens (tertiary/aromatic N) is 2. The Morgan fingerprint density at radius 3 is 3.00 bits per heavy atom. The highest BCUT2D eigenvalue weighted by atomic mass is 35.5. The lowest BCUT2D eigenvalue weighted by Crippen LogP contribution is -2.19. The van der Waals surface area contributed by atoms with Gasteiger partial charge in [-0.05, 0) is 24.0 Å². The molecule has 0 aliphatic heterocycles. The molecule has 0 saturated carbocycles. The number of urea groups is 1. The molecular weight excluding hydrogens is 304 g/mol. The average Bonchev–Trinajstić information content (AvgIpc) is 2.77. The van der Waals surface area contributed by atoms with E-state index in [4.69, 9.17) is 11.6 Å². The molecule has 0 atom stereocenters. The Bertz CT molecular complexity index is 575. The number of nitrogens with one attached hydrogen (secondary N) is 2. The van der Waals surface area contributed by atoms with Crippen molar-refractivity contribution in [3.8, 4) is 0 Å². The first-order chi connectivity index (χ1) is 9.17. The maximum Gasteiger partial charge on any atom is 0.325 e. The van der Waals surface area contributed by atoms with Crippen molar-refractivity contribution in [2.45, 2.75) is 11.3 Å². The summed E-state index contributed by atoms with van der Waals surface area (Å²) >= 11 is 8.76. The Kier molecular flexibility index (Phi) is 5.00. The van der Waals surface area contributed by atoms with Gasteiger partial charge in [0.2, 0.25) is 5.13 Å². The van der Waals surface area contributed by atoms with Crippen LogP contribution < -0.4 is 10.6 Å². The van der Waals surface area contributed by atoms with Crippen molar-refractivity contribution < 1.29 is 4.79 Å². The van der Waals surface area contributed by atoms with Crippen LogP contribution in [0, 0.1) is 0 Å². The zero-order valence-electron chi connectivity index (χ0n) is 10.0. The molecule has 2 amide bonds. The Balaban J connectivity index is 1.93. The lowest BCUT2D eigenvalue weighted by molar-refractivity contribution is 0.262. The van der Waals surface area contributed by atoms with Crippen LogP contribution in [0.3, 0.4) is 0 Å². The summed E-state index contributed by atoms with van der Waals surface area (Å²) in [4.78, 5) is 11.7. The molecule has 1 aromatic heterocycles. The van der Waals surface area contributed by atoms with E-state index in [-0.39, 0.29) is 6.03 Å². The van der Waals surface area contributed by atoms with Gasteiger partial charge in [0.05, 0.1) is 0 Å². The van der Waals surface area contributed by atoms with Crippen LogP contribution >= 0.6 is 34.7 Å². The molecule has 0 saturated heterocycles. The van der Waals surface area contributed by atoms with Crippen LogP contribution in [0.2, 0.25) is 5.02 Å². The predicted molar refractivity (Wildman–Crippen MR) is 80.4 cm³/mol. The molecule has 0 fully saturated rings. The Hall–Kier alpha value is -1.31. The number of amides is 2. The Morgan fingerprint density at radius 1 is 1.42 bits per heavy atom. The first-order valence-corrected chi connectivity index (χ1v) is 7.65. The molecule has 1 heterocycles. The second kappa shape index (κ2) is 6.74. The van der Waals surface area contributed by atoms with Gasteiger partial charge >= 0.3 is 6.03 Å². The van der Waals surface area contributed by atoms with E-state index in [9.17, 15) is 4.79 Å². The van der Waals surface area contributed by atoms with Crippen LogP contribution in [0.4, 0.5) is 15.6 Å². The molecule has 0 radical (unpaired) electrons. The van der Waals surface area contributed by atoms with Crippen molar-refractivity contribution in [3.63, 3.8) is 0 Å². The van der Waals surface area contributed by atoms with Crippen LogP contribution in [0.1, 0.15) is 6.92 Å². The van der Waals surface area contributed by atoms with Gasteiger partial charge < -0.3 is 5.32 Å². The van der Waals surface area contributed by atoms with E-state index in [1.165, 1.54) is 11.3 Å². The molecule has 2 rings (SSSR count). The molecule has 100 valence electrons. The third kappa shape index (κ3) is 4.38. The molecule has 0 bridgehead atoms. The number of hydrogen-bond donors (Lipinski definition) is 2. The van der Waals surface area contributed by atoms with Gasteiger partial charge in [0.15, 0.2) is 4.34 Å². The van der Waals surface area contributed by atoms with Gasteiger partial charge in [0, 0.05) is 10.7 Å². The number of rotatable bonds is 4. The number of thioether (sulfide) groups is 1. The van der Waals surface area contributed by atoms with E-state index in [1.54, 1.807) is 36.0 Å². The van der Waals surface area contributed by atoms with Crippen molar-refractivity contribution in [1.29, 1.82) is 0 Å². The van der Waals surface area contributed by atoms with E-state index in [0.717, 1.165) is 10.1 Å². The SMILES string of the molecule is CCSc1nnc(NC(=O)Nc2cccc(Cl)c2)s1. The van der Waals surface area contributed by atoms with Crippen molar-refractivity contribution in [2.75, 3.05) is 16.4 Å². The molecular formula is C11H11ClN4OS2. The summed E-state index contributed by atoms with van der Waals surface area (Å²) in [6.07, 6.45) is 0. The summed E-state index contributed by atoms with van der Waals surface area (Å²) in [6, 6.07) is 6.55. The molecule has 0 unspecified atom stereocenters. The number of hydrogen-bond acceptors (Lipinski definition) is 5. The van der Waals surface area contributed by atoms with Gasteiger partial charge in [0.1, 0.15) is 0 Å². The molecule has 0 spiro atoms. The zero-order chi connectivity index (χ0) is 13.7. The van der Waals surface area contributed by atoms with E-state index in [1.807, 2.05) is 6.92 Å². The summed E-state index contributed by atoms with van der Waals surface area (Å²) in [5.74, 6) is 0.920. The molecule has 5 nitrogen and oxygen atoms in total. The van der Waals surface area contributed by atoms with Crippen molar-refractivity contribution in [1.82, 2.24) is 10.2 Å². The van der Waals surface area contributed by atoms with Crippen LogP contribution in [-0.4, -0.2) is 22.0 Å². The van der Waals surface area contributed by atoms with Gasteiger partial charge in [-0.15, -0.1) is 10.2 Å². The molecule has 19 heavy (non-hydrogen) atoms. The third-order valence-corrected chi connectivity index (χ3v) is 4.07. The largest absolute Gasteiger partial charge is 0.325 e. The fourth-order valence-electron chi connectivity index (χ4n) is 1.27. The lowest BCUT2D eigenvalue weighted by Gasteiger charge is -2.04. The average molecular weight is 315 g/mol. The smallest absolute Gasteiger partial charge is 0.308 e. The highest BCUT2D eigenvalue weighted by Gasteiger charge is 2.08. The topological polar surface area (TPSA) is 66.9 Å². The first-order valence-electron chi connectivity index (χ1n) is 5.47. The minimum Gasteiger partial charge on any atom is -0.308 e. The van der Waals surface area contributed by atoms with Gasteiger partial charge in [-0.25, -0.2) is 4.79 Å². The highest BCUT2D eigenvalue weighted by molar-refractivity contribution is 8.01. The minimum absolute atomic E-state index is 0.369. The van der Waals surface area contributed by atoms with Gasteiger partial charge in [-0.3, -0.25) is 5.32 Å². The fourth-order valence-corrected chi connectivity index (χ4v) is 3.10. The molecule has 2 aromatic rings. The van der Waals surface area contributed by atoms with Crippen LogP contribution in [-0.2, 0) is 0 Å². The summed E-state index contributed by atoms with van der Waals surface area (Å²) in [5, 5.41) is 14.2. The third-order valence-electron chi connectivity index (χ3n) is 1.98. The minimum atomic E-state index is -0.369. The summed E-state index contributed by atoms with van der Waals surface area (Å²) in [7, 11) is 0. The van der Waals surface area contributed by atoms with Crippen molar-refractivity contribution >= 4 is 51.5 Å². The number of aromatic nitrogens is 2. The number of carbonyl (C=O) groups is 1. The zero-order valence-corrected chi connectivity index (χ0v) is 12.4. The number of halogens is 1. The predicted octanol–water partition coefficient (Wildman–Crippen LogP) is 3.95. The van der Waals surface area contributed by atoms with Crippen LogP contribution in [0.5, 0.6) is 0 Å². The van der Waals surface area contributed by atoms with Crippen molar-refractivity contribution in [3.05, 3.63) is 29.3 Å². The van der Waals surface area contributed by atoms with Gasteiger partial charge in [0.25, 0.3) is 0 Å². The normalized spacial score (nSPS) is 10.2. The molecule has 1 aromatic carbocycles. The number of carbonyl (C=O) groups excluding carboxylic acids is 1. The number of benzene rings is 1. The van der Waals surface area contributed by atoms with E-state index in [0.29, 0.717) is 15.8 Å². The first kappa shape index (κ1) is 14.1. The molecule has 0 aliphatic carbocycles. The Morgan fingerprint density at radius 2 is 2.26 bits per heavy atom.